The molecule has 0 heterocycles. The molecule has 1 atom stereocenters. The van der Waals surface area contributed by atoms with Crippen LogP contribution in [0.5, 0.6) is 5.75 Å². The normalized spacial score (nSPS) is 11.4. The van der Waals surface area contributed by atoms with Gasteiger partial charge in [-0.1, -0.05) is 12.1 Å². The molecular weight excluding hydrogens is 360 g/mol. The van der Waals surface area contributed by atoms with E-state index >= 15 is 0 Å². The fraction of sp³-hybridized carbons (Fsp3) is 0.333. The number of esters is 1. The Balaban J connectivity index is 1.91. The molecule has 2 rings (SSSR count). The number of hydrogen-bond acceptors (Lipinski definition) is 4. The fourth-order valence-corrected chi connectivity index (χ4v) is 2.86. The molecule has 2 aromatic carbocycles. The molecule has 0 radical (unpaired) electrons. The molecule has 2 aromatic rings. The van der Waals surface area contributed by atoms with Crippen molar-refractivity contribution >= 4 is 29.0 Å². The van der Waals surface area contributed by atoms with Gasteiger partial charge in [0.25, 0.3) is 0 Å². The number of carbonyl (C=O) groups excluding carboxylic acids is 1. The number of thiocarbonyl (C=S) groups is 1. The van der Waals surface area contributed by atoms with Gasteiger partial charge in [-0.05, 0) is 80.9 Å². The van der Waals surface area contributed by atoms with E-state index in [2.05, 4.69) is 24.5 Å². The zero-order chi connectivity index (χ0) is 20.0. The van der Waals surface area contributed by atoms with Gasteiger partial charge in [-0.2, -0.15) is 0 Å². The van der Waals surface area contributed by atoms with Crippen LogP contribution in [-0.4, -0.2) is 30.8 Å². The Morgan fingerprint density at radius 2 is 1.89 bits per heavy atom. The summed E-state index contributed by atoms with van der Waals surface area (Å²) in [6.45, 7) is 8.46. The van der Waals surface area contributed by atoms with Gasteiger partial charge < -0.3 is 20.1 Å². The predicted molar refractivity (Wildman–Crippen MR) is 113 cm³/mol. The third-order valence-corrected chi connectivity index (χ3v) is 4.56. The lowest BCUT2D eigenvalue weighted by Gasteiger charge is -2.19. The summed E-state index contributed by atoms with van der Waals surface area (Å²) in [6, 6.07) is 11.4. The number of ether oxygens (including phenoxy) is 2. The minimum Gasteiger partial charge on any atom is -0.491 e. The lowest BCUT2D eigenvalue weighted by Crippen LogP contribution is -2.39. The molecule has 0 fully saturated rings. The summed E-state index contributed by atoms with van der Waals surface area (Å²) < 4.78 is 10.6. The molecule has 5 nitrogen and oxygen atoms in total. The number of anilines is 1. The van der Waals surface area contributed by atoms with Crippen LogP contribution in [0.25, 0.3) is 0 Å². The van der Waals surface area contributed by atoms with E-state index in [4.69, 9.17) is 21.7 Å². The Hall–Kier alpha value is -2.60. The second-order valence-electron chi connectivity index (χ2n) is 6.53. The zero-order valence-electron chi connectivity index (χ0n) is 16.4. The number of nitrogens with one attached hydrogen (secondary N) is 2. The van der Waals surface area contributed by atoms with Crippen molar-refractivity contribution in [3.8, 4) is 5.75 Å². The van der Waals surface area contributed by atoms with Crippen molar-refractivity contribution in [2.24, 2.45) is 0 Å². The topological polar surface area (TPSA) is 59.6 Å². The summed E-state index contributed by atoms with van der Waals surface area (Å²) in [7, 11) is 1.37. The van der Waals surface area contributed by atoms with Crippen LogP contribution < -0.4 is 15.4 Å². The van der Waals surface area contributed by atoms with E-state index in [1.807, 2.05) is 38.1 Å². The minimum atomic E-state index is -0.370. The molecule has 0 aliphatic heterocycles. The monoisotopic (exact) mass is 386 g/mol. The third kappa shape index (κ3) is 5.69. The van der Waals surface area contributed by atoms with Gasteiger partial charge in [0.05, 0.1) is 18.7 Å². The van der Waals surface area contributed by atoms with Crippen LogP contribution in [0.2, 0.25) is 0 Å². The first-order valence-corrected chi connectivity index (χ1v) is 9.18. The number of rotatable bonds is 6. The number of carbonyl (C=O) groups is 1. The summed E-state index contributed by atoms with van der Waals surface area (Å²) >= 11 is 5.38. The maximum Gasteiger partial charge on any atom is 0.338 e. The van der Waals surface area contributed by atoms with E-state index in [-0.39, 0.29) is 12.0 Å². The molecule has 2 N–H and O–H groups in total. The van der Waals surface area contributed by atoms with Gasteiger partial charge in [-0.25, -0.2) is 4.79 Å². The van der Waals surface area contributed by atoms with E-state index in [1.54, 1.807) is 12.1 Å². The van der Waals surface area contributed by atoms with Crippen LogP contribution in [0.1, 0.15) is 34.0 Å². The summed E-state index contributed by atoms with van der Waals surface area (Å²) in [6.07, 6.45) is 0. The molecule has 144 valence electrons. The number of aryl methyl sites for hydroxylation is 2. The molecule has 0 aliphatic carbocycles. The summed E-state index contributed by atoms with van der Waals surface area (Å²) in [5.74, 6) is 0.470. The van der Waals surface area contributed by atoms with Crippen LogP contribution in [0, 0.1) is 20.8 Å². The van der Waals surface area contributed by atoms with Crippen LogP contribution in [0.15, 0.2) is 36.4 Å². The van der Waals surface area contributed by atoms with E-state index in [0.29, 0.717) is 17.3 Å². The number of benzene rings is 2. The molecule has 0 saturated heterocycles. The van der Waals surface area contributed by atoms with E-state index in [9.17, 15) is 4.79 Å². The van der Waals surface area contributed by atoms with Crippen LogP contribution in [0.3, 0.4) is 0 Å². The van der Waals surface area contributed by atoms with Gasteiger partial charge in [0.2, 0.25) is 0 Å². The Morgan fingerprint density at radius 1 is 1.15 bits per heavy atom. The highest BCUT2D eigenvalue weighted by molar-refractivity contribution is 7.80. The smallest absolute Gasteiger partial charge is 0.338 e. The lowest BCUT2D eigenvalue weighted by atomic mass is 10.1. The molecule has 0 spiro atoms. The highest BCUT2D eigenvalue weighted by atomic mass is 32.1. The largest absolute Gasteiger partial charge is 0.491 e. The predicted octanol–water partition coefficient (Wildman–Crippen LogP) is 4.15. The third-order valence-electron chi connectivity index (χ3n) is 4.34. The Morgan fingerprint density at radius 3 is 2.56 bits per heavy atom. The lowest BCUT2D eigenvalue weighted by molar-refractivity contribution is 0.0600. The average Bonchev–Trinajstić information content (AvgIpc) is 2.63. The Kier molecular flexibility index (Phi) is 7.19. The van der Waals surface area contributed by atoms with Crippen molar-refractivity contribution in [1.82, 2.24) is 5.32 Å². The quantitative estimate of drug-likeness (QED) is 0.574. The summed E-state index contributed by atoms with van der Waals surface area (Å²) in [5, 5.41) is 6.79. The van der Waals surface area contributed by atoms with Crippen LogP contribution in [0.4, 0.5) is 5.69 Å². The van der Waals surface area contributed by atoms with E-state index in [0.717, 1.165) is 17.0 Å². The van der Waals surface area contributed by atoms with Gasteiger partial charge in [0, 0.05) is 5.69 Å². The highest BCUT2D eigenvalue weighted by Crippen LogP contribution is 2.20. The number of methoxy groups -OCH3 is 1. The Labute approximate surface area is 166 Å². The van der Waals surface area contributed by atoms with Gasteiger partial charge in [0.1, 0.15) is 12.4 Å². The maximum absolute atomic E-state index is 11.8. The number of hydrogen-bond donors (Lipinski definition) is 2. The second kappa shape index (κ2) is 9.37. The van der Waals surface area contributed by atoms with Gasteiger partial charge in [0.15, 0.2) is 5.11 Å². The van der Waals surface area contributed by atoms with Gasteiger partial charge >= 0.3 is 5.97 Å². The summed E-state index contributed by atoms with van der Waals surface area (Å²) in [4.78, 5) is 11.8. The fourth-order valence-electron chi connectivity index (χ4n) is 2.55. The first-order valence-electron chi connectivity index (χ1n) is 8.77. The van der Waals surface area contributed by atoms with Crippen molar-refractivity contribution in [2.75, 3.05) is 19.0 Å². The molecular formula is C21H26N2O3S. The van der Waals surface area contributed by atoms with Crippen molar-refractivity contribution in [2.45, 2.75) is 33.7 Å². The molecule has 0 bridgehead atoms. The van der Waals surface area contributed by atoms with Crippen molar-refractivity contribution in [1.29, 1.82) is 0 Å². The van der Waals surface area contributed by atoms with Gasteiger partial charge in [-0.15, -0.1) is 0 Å². The minimum absolute atomic E-state index is 0.00991. The van der Waals surface area contributed by atoms with Crippen LogP contribution in [-0.2, 0) is 4.74 Å². The van der Waals surface area contributed by atoms with Crippen molar-refractivity contribution in [3.05, 3.63) is 58.7 Å². The molecule has 0 saturated carbocycles. The van der Waals surface area contributed by atoms with Gasteiger partial charge in [-0.3, -0.25) is 0 Å². The maximum atomic E-state index is 11.8. The van der Waals surface area contributed by atoms with Crippen LogP contribution >= 0.6 is 12.2 Å². The molecule has 0 aromatic heterocycles. The summed E-state index contributed by atoms with van der Waals surface area (Å²) in [5.41, 5.74) is 4.50. The molecule has 0 amide bonds. The SMILES string of the molecule is COC(=O)c1cccc(NC(=S)N[C@@H](C)COc2ccc(C)c(C)c2)c1C. The van der Waals surface area contributed by atoms with Crippen molar-refractivity contribution < 1.29 is 14.3 Å². The first kappa shape index (κ1) is 20.7. The van der Waals surface area contributed by atoms with E-state index < -0.39 is 0 Å². The highest BCUT2D eigenvalue weighted by Gasteiger charge is 2.13. The second-order valence-corrected chi connectivity index (χ2v) is 6.93. The molecule has 6 heteroatoms. The average molecular weight is 387 g/mol. The molecule has 27 heavy (non-hydrogen) atoms. The Bertz CT molecular complexity index is 836. The van der Waals surface area contributed by atoms with E-state index in [1.165, 1.54) is 18.2 Å². The molecule has 0 aliphatic rings. The first-order chi connectivity index (χ1) is 12.8. The standard InChI is InChI=1S/C21H26N2O3S/c1-13-9-10-17(11-14(13)2)26-12-15(3)22-21(27)23-19-8-6-7-18(16(19)4)20(24)25-5/h6-11,15H,12H2,1-5H3,(H2,22,23,27)/t15-/m0/s1. The van der Waals surface area contributed by atoms with Crippen molar-refractivity contribution in [3.63, 3.8) is 0 Å². The zero-order valence-corrected chi connectivity index (χ0v) is 17.2. The molecule has 0 unspecified atom stereocenters.